The minimum atomic E-state index is 0.879. The van der Waals surface area contributed by atoms with Gasteiger partial charge < -0.3 is 0 Å². The SMILES string of the molecule is CCc1cccc2c1nnn2CC. The van der Waals surface area contributed by atoms with Crippen LogP contribution in [-0.4, -0.2) is 15.0 Å². The molecule has 0 spiro atoms. The highest BCUT2D eigenvalue weighted by Gasteiger charge is 2.05. The summed E-state index contributed by atoms with van der Waals surface area (Å²) in [6.45, 7) is 5.09. The highest BCUT2D eigenvalue weighted by atomic mass is 15.4. The lowest BCUT2D eigenvalue weighted by Crippen LogP contribution is -1.95. The fourth-order valence-corrected chi connectivity index (χ4v) is 1.57. The molecule has 0 unspecified atom stereocenters. The molecule has 1 aromatic carbocycles. The van der Waals surface area contributed by atoms with Crippen molar-refractivity contribution in [2.24, 2.45) is 0 Å². The average Bonchev–Trinajstić information content (AvgIpc) is 2.60. The van der Waals surface area contributed by atoms with Gasteiger partial charge in [0.25, 0.3) is 0 Å². The third-order valence-corrected chi connectivity index (χ3v) is 2.31. The Morgan fingerprint density at radius 3 is 2.85 bits per heavy atom. The van der Waals surface area contributed by atoms with Gasteiger partial charge in [0.1, 0.15) is 5.52 Å². The van der Waals surface area contributed by atoms with Crippen LogP contribution in [-0.2, 0) is 13.0 Å². The molecule has 68 valence electrons. The fourth-order valence-electron chi connectivity index (χ4n) is 1.57. The highest BCUT2D eigenvalue weighted by Crippen LogP contribution is 2.15. The number of rotatable bonds is 2. The number of benzene rings is 1. The molecule has 0 N–H and O–H groups in total. The van der Waals surface area contributed by atoms with Crippen LogP contribution in [0.1, 0.15) is 19.4 Å². The largest absolute Gasteiger partial charge is 0.245 e. The number of nitrogens with zero attached hydrogens (tertiary/aromatic N) is 3. The molecule has 0 radical (unpaired) electrons. The quantitative estimate of drug-likeness (QED) is 0.699. The summed E-state index contributed by atoms with van der Waals surface area (Å²) < 4.78 is 1.93. The van der Waals surface area contributed by atoms with E-state index < -0.39 is 0 Å². The van der Waals surface area contributed by atoms with E-state index in [4.69, 9.17) is 0 Å². The Labute approximate surface area is 77.4 Å². The molecular weight excluding hydrogens is 162 g/mol. The van der Waals surface area contributed by atoms with E-state index in [9.17, 15) is 0 Å². The van der Waals surface area contributed by atoms with Crippen molar-refractivity contribution in [1.82, 2.24) is 15.0 Å². The molecule has 0 aliphatic rings. The summed E-state index contributed by atoms with van der Waals surface area (Å²) in [4.78, 5) is 0. The first-order chi connectivity index (χ1) is 6.36. The lowest BCUT2D eigenvalue weighted by molar-refractivity contribution is 0.646. The van der Waals surface area contributed by atoms with E-state index in [-0.39, 0.29) is 0 Å². The van der Waals surface area contributed by atoms with Crippen molar-refractivity contribution in [3.05, 3.63) is 23.8 Å². The first-order valence-electron chi connectivity index (χ1n) is 4.68. The van der Waals surface area contributed by atoms with E-state index in [1.807, 2.05) is 4.68 Å². The van der Waals surface area contributed by atoms with Crippen LogP contribution in [0.5, 0.6) is 0 Å². The Kier molecular flexibility index (Phi) is 2.00. The Morgan fingerprint density at radius 1 is 1.31 bits per heavy atom. The molecule has 0 saturated heterocycles. The Morgan fingerprint density at radius 2 is 2.15 bits per heavy atom. The molecule has 2 rings (SSSR count). The summed E-state index contributed by atoms with van der Waals surface area (Å²) in [5.74, 6) is 0. The van der Waals surface area contributed by atoms with Crippen LogP contribution in [0.2, 0.25) is 0 Å². The van der Waals surface area contributed by atoms with Gasteiger partial charge in [-0.2, -0.15) is 0 Å². The molecule has 0 aliphatic heterocycles. The van der Waals surface area contributed by atoms with Crippen LogP contribution in [0.25, 0.3) is 11.0 Å². The summed E-state index contributed by atoms with van der Waals surface area (Å²) in [6, 6.07) is 6.24. The molecule has 13 heavy (non-hydrogen) atoms. The van der Waals surface area contributed by atoms with Gasteiger partial charge in [-0.25, -0.2) is 4.68 Å². The molecule has 0 atom stereocenters. The Hall–Kier alpha value is -1.38. The van der Waals surface area contributed by atoms with E-state index in [0.29, 0.717) is 0 Å². The zero-order chi connectivity index (χ0) is 9.26. The summed E-state index contributed by atoms with van der Waals surface area (Å²) in [6.07, 6.45) is 1.01. The fraction of sp³-hybridized carbons (Fsp3) is 0.400. The van der Waals surface area contributed by atoms with E-state index >= 15 is 0 Å². The maximum absolute atomic E-state index is 4.17. The van der Waals surface area contributed by atoms with Crippen LogP contribution >= 0.6 is 0 Å². The number of aryl methyl sites for hydroxylation is 2. The van der Waals surface area contributed by atoms with Crippen molar-refractivity contribution in [2.75, 3.05) is 0 Å². The van der Waals surface area contributed by atoms with Gasteiger partial charge in [-0.05, 0) is 25.0 Å². The summed E-state index contributed by atoms with van der Waals surface area (Å²) in [5, 5.41) is 8.26. The molecule has 0 fully saturated rings. The van der Waals surface area contributed by atoms with Gasteiger partial charge in [0, 0.05) is 6.54 Å². The number of hydrogen-bond donors (Lipinski definition) is 0. The lowest BCUT2D eigenvalue weighted by atomic mass is 10.1. The van der Waals surface area contributed by atoms with Gasteiger partial charge in [0.05, 0.1) is 5.52 Å². The topological polar surface area (TPSA) is 30.7 Å². The van der Waals surface area contributed by atoms with Gasteiger partial charge in [-0.3, -0.25) is 0 Å². The zero-order valence-corrected chi connectivity index (χ0v) is 7.99. The van der Waals surface area contributed by atoms with E-state index in [1.54, 1.807) is 0 Å². The van der Waals surface area contributed by atoms with Gasteiger partial charge in [-0.15, -0.1) is 5.10 Å². The Bertz CT molecular complexity index is 417. The summed E-state index contributed by atoms with van der Waals surface area (Å²) in [5.41, 5.74) is 3.46. The lowest BCUT2D eigenvalue weighted by Gasteiger charge is -1.98. The molecule has 1 aromatic heterocycles. The molecule has 0 amide bonds. The molecule has 1 heterocycles. The minimum absolute atomic E-state index is 0.879. The monoisotopic (exact) mass is 175 g/mol. The van der Waals surface area contributed by atoms with Crippen molar-refractivity contribution in [3.63, 3.8) is 0 Å². The number of fused-ring (bicyclic) bond motifs is 1. The van der Waals surface area contributed by atoms with Crippen molar-refractivity contribution in [2.45, 2.75) is 26.8 Å². The predicted molar refractivity (Wildman–Crippen MR) is 52.6 cm³/mol. The molecule has 3 heteroatoms. The Balaban J connectivity index is 2.72. The first-order valence-corrected chi connectivity index (χ1v) is 4.68. The predicted octanol–water partition coefficient (Wildman–Crippen LogP) is 2.01. The maximum atomic E-state index is 4.17. The molecule has 0 saturated carbocycles. The van der Waals surface area contributed by atoms with Gasteiger partial charge in [0.2, 0.25) is 0 Å². The number of aromatic nitrogens is 3. The van der Waals surface area contributed by atoms with Crippen molar-refractivity contribution < 1.29 is 0 Å². The molecular formula is C10H13N3. The van der Waals surface area contributed by atoms with Crippen LogP contribution in [0.4, 0.5) is 0 Å². The second-order valence-corrected chi connectivity index (χ2v) is 3.04. The third-order valence-electron chi connectivity index (χ3n) is 2.31. The molecule has 2 aromatic rings. The van der Waals surface area contributed by atoms with E-state index in [0.717, 1.165) is 24.0 Å². The van der Waals surface area contributed by atoms with Crippen molar-refractivity contribution in [3.8, 4) is 0 Å². The van der Waals surface area contributed by atoms with Crippen molar-refractivity contribution in [1.29, 1.82) is 0 Å². The highest BCUT2D eigenvalue weighted by molar-refractivity contribution is 5.77. The second-order valence-electron chi connectivity index (χ2n) is 3.04. The maximum Gasteiger partial charge on any atom is 0.116 e. The van der Waals surface area contributed by atoms with Gasteiger partial charge in [0.15, 0.2) is 0 Å². The van der Waals surface area contributed by atoms with E-state index in [2.05, 4.69) is 42.4 Å². The van der Waals surface area contributed by atoms with Crippen LogP contribution < -0.4 is 0 Å². The van der Waals surface area contributed by atoms with Crippen LogP contribution in [0.15, 0.2) is 18.2 Å². The van der Waals surface area contributed by atoms with Gasteiger partial charge >= 0.3 is 0 Å². The normalized spacial score (nSPS) is 10.9. The molecule has 0 bridgehead atoms. The summed E-state index contributed by atoms with van der Waals surface area (Å²) >= 11 is 0. The summed E-state index contributed by atoms with van der Waals surface area (Å²) in [7, 11) is 0. The van der Waals surface area contributed by atoms with Gasteiger partial charge in [-0.1, -0.05) is 24.3 Å². The van der Waals surface area contributed by atoms with Crippen LogP contribution in [0.3, 0.4) is 0 Å². The standard InChI is InChI=1S/C10H13N3/c1-3-8-6-5-7-9-10(8)11-12-13(9)4-2/h5-7H,3-4H2,1-2H3. The second kappa shape index (κ2) is 3.17. The molecule has 0 aliphatic carbocycles. The number of hydrogen-bond acceptors (Lipinski definition) is 2. The minimum Gasteiger partial charge on any atom is -0.245 e. The van der Waals surface area contributed by atoms with Crippen LogP contribution in [0, 0.1) is 0 Å². The first kappa shape index (κ1) is 8.23. The zero-order valence-electron chi connectivity index (χ0n) is 7.99. The molecule has 3 nitrogen and oxygen atoms in total. The average molecular weight is 175 g/mol. The van der Waals surface area contributed by atoms with Crippen molar-refractivity contribution >= 4 is 11.0 Å². The van der Waals surface area contributed by atoms with E-state index in [1.165, 1.54) is 5.56 Å². The smallest absolute Gasteiger partial charge is 0.116 e. The third kappa shape index (κ3) is 1.20.